The average molecular weight is 208 g/mol. The van der Waals surface area contributed by atoms with Crippen LogP contribution in [0.4, 0.5) is 0 Å². The molecular formula is C16H16. The van der Waals surface area contributed by atoms with Crippen LogP contribution < -0.4 is 0 Å². The van der Waals surface area contributed by atoms with E-state index in [0.717, 1.165) is 24.0 Å². The molecule has 16 heavy (non-hydrogen) atoms. The highest BCUT2D eigenvalue weighted by molar-refractivity contribution is 5.63. The van der Waals surface area contributed by atoms with Gasteiger partial charge in [-0.25, -0.2) is 0 Å². The predicted octanol–water partition coefficient (Wildman–Crippen LogP) is 4.08. The summed E-state index contributed by atoms with van der Waals surface area (Å²) in [4.78, 5) is 0. The monoisotopic (exact) mass is 208 g/mol. The maximum Gasteiger partial charge on any atom is -0.00961 e. The van der Waals surface area contributed by atoms with Gasteiger partial charge in [0.05, 0.1) is 0 Å². The van der Waals surface area contributed by atoms with Crippen LogP contribution in [0.1, 0.15) is 25.0 Å². The molecule has 0 saturated carbocycles. The van der Waals surface area contributed by atoms with Crippen molar-refractivity contribution in [1.82, 2.24) is 0 Å². The quantitative estimate of drug-likeness (QED) is 0.713. The number of benzene rings is 2. The summed E-state index contributed by atoms with van der Waals surface area (Å²) in [5.74, 6) is 0. The van der Waals surface area contributed by atoms with Crippen molar-refractivity contribution in [3.8, 4) is 11.1 Å². The molecule has 2 radical (unpaired) electrons. The molecule has 0 aliphatic carbocycles. The van der Waals surface area contributed by atoms with Gasteiger partial charge in [0, 0.05) is 0 Å². The Kier molecular flexibility index (Phi) is 3.40. The van der Waals surface area contributed by atoms with Crippen molar-refractivity contribution < 1.29 is 0 Å². The van der Waals surface area contributed by atoms with Gasteiger partial charge in [-0.1, -0.05) is 50.2 Å². The highest BCUT2D eigenvalue weighted by atomic mass is 14.0. The summed E-state index contributed by atoms with van der Waals surface area (Å²) in [6, 6.07) is 19.2. The van der Waals surface area contributed by atoms with E-state index in [9.17, 15) is 0 Å². The number of rotatable bonds is 3. The summed E-state index contributed by atoms with van der Waals surface area (Å²) < 4.78 is 0. The van der Waals surface area contributed by atoms with E-state index < -0.39 is 0 Å². The second-order valence-corrected chi connectivity index (χ2v) is 3.93. The molecule has 0 nitrogen and oxygen atoms in total. The van der Waals surface area contributed by atoms with Gasteiger partial charge in [0.25, 0.3) is 0 Å². The Balaban J connectivity index is 2.41. The molecule has 0 heteroatoms. The van der Waals surface area contributed by atoms with Gasteiger partial charge in [0.15, 0.2) is 0 Å². The third-order valence-corrected chi connectivity index (χ3v) is 2.84. The molecule has 0 unspecified atom stereocenters. The van der Waals surface area contributed by atoms with E-state index in [2.05, 4.69) is 50.2 Å². The SMILES string of the molecule is CCc1cc[c]c(-c2[c]ccc(CC)c2)c1. The van der Waals surface area contributed by atoms with Crippen LogP contribution >= 0.6 is 0 Å². The topological polar surface area (TPSA) is 0 Å². The Morgan fingerprint density at radius 1 is 0.812 bits per heavy atom. The zero-order valence-electron chi connectivity index (χ0n) is 9.88. The Labute approximate surface area is 97.9 Å². The first-order valence-corrected chi connectivity index (χ1v) is 5.85. The van der Waals surface area contributed by atoms with E-state index in [-0.39, 0.29) is 0 Å². The highest BCUT2D eigenvalue weighted by Crippen LogP contribution is 2.21. The van der Waals surface area contributed by atoms with E-state index in [0.29, 0.717) is 0 Å². The van der Waals surface area contributed by atoms with Gasteiger partial charge in [-0.2, -0.15) is 0 Å². The zero-order chi connectivity index (χ0) is 11.4. The maximum atomic E-state index is 3.28. The first kappa shape index (κ1) is 10.9. The summed E-state index contributed by atoms with van der Waals surface area (Å²) in [5.41, 5.74) is 5.00. The lowest BCUT2D eigenvalue weighted by molar-refractivity contribution is 1.13. The molecule has 0 N–H and O–H groups in total. The molecule has 2 rings (SSSR count). The molecule has 0 bridgehead atoms. The normalized spacial score (nSPS) is 10.4. The molecule has 0 spiro atoms. The zero-order valence-corrected chi connectivity index (χ0v) is 9.88. The fourth-order valence-electron chi connectivity index (χ4n) is 1.78. The molecule has 80 valence electrons. The van der Waals surface area contributed by atoms with Crippen molar-refractivity contribution in [2.45, 2.75) is 26.7 Å². The van der Waals surface area contributed by atoms with Crippen molar-refractivity contribution >= 4 is 0 Å². The van der Waals surface area contributed by atoms with Crippen LogP contribution in [0.2, 0.25) is 0 Å². The Morgan fingerprint density at radius 3 is 1.62 bits per heavy atom. The summed E-state index contributed by atoms with van der Waals surface area (Å²) in [5, 5.41) is 0. The predicted molar refractivity (Wildman–Crippen MR) is 68.3 cm³/mol. The fourth-order valence-corrected chi connectivity index (χ4v) is 1.78. The third kappa shape index (κ3) is 2.33. The van der Waals surface area contributed by atoms with Crippen LogP contribution in [0.5, 0.6) is 0 Å². The first-order valence-electron chi connectivity index (χ1n) is 5.85. The molecule has 0 aliphatic rings. The second kappa shape index (κ2) is 4.98. The summed E-state index contributed by atoms with van der Waals surface area (Å²) in [7, 11) is 0. The van der Waals surface area contributed by atoms with Gasteiger partial charge in [-0.15, -0.1) is 0 Å². The second-order valence-electron chi connectivity index (χ2n) is 3.93. The van der Waals surface area contributed by atoms with Crippen molar-refractivity contribution in [3.05, 3.63) is 59.7 Å². The van der Waals surface area contributed by atoms with Crippen LogP contribution in [0.25, 0.3) is 11.1 Å². The minimum Gasteiger partial charge on any atom is -0.0613 e. The Hall–Kier alpha value is -1.56. The standard InChI is InChI=1S/C16H16/c1-3-13-7-5-9-15(11-13)16-10-6-8-14(4-2)12-16/h5-8,11-12H,3-4H2,1-2H3. The first-order chi connectivity index (χ1) is 7.83. The van der Waals surface area contributed by atoms with Crippen molar-refractivity contribution in [2.24, 2.45) is 0 Å². The fraction of sp³-hybridized carbons (Fsp3) is 0.250. The molecule has 0 aliphatic heterocycles. The highest BCUT2D eigenvalue weighted by Gasteiger charge is 2.00. The van der Waals surface area contributed by atoms with E-state index in [4.69, 9.17) is 0 Å². The van der Waals surface area contributed by atoms with Crippen molar-refractivity contribution in [1.29, 1.82) is 0 Å². The minimum atomic E-state index is 1.06. The van der Waals surface area contributed by atoms with Crippen LogP contribution in [0, 0.1) is 12.1 Å². The van der Waals surface area contributed by atoms with Crippen molar-refractivity contribution in [3.63, 3.8) is 0 Å². The molecule has 0 amide bonds. The maximum absolute atomic E-state index is 3.28. The number of hydrogen-bond acceptors (Lipinski definition) is 0. The molecule has 2 aromatic rings. The van der Waals surface area contributed by atoms with Gasteiger partial charge in [-0.3, -0.25) is 0 Å². The number of hydrogen-bond donors (Lipinski definition) is 0. The molecule has 0 heterocycles. The molecular weight excluding hydrogens is 192 g/mol. The van der Waals surface area contributed by atoms with Gasteiger partial charge in [0.1, 0.15) is 0 Å². The van der Waals surface area contributed by atoms with Crippen LogP contribution in [0.3, 0.4) is 0 Å². The van der Waals surface area contributed by atoms with E-state index in [1.807, 2.05) is 12.1 Å². The Morgan fingerprint density at radius 2 is 1.25 bits per heavy atom. The Bertz CT molecular complexity index is 423. The molecule has 0 aromatic heterocycles. The largest absolute Gasteiger partial charge is 0.0613 e. The van der Waals surface area contributed by atoms with Gasteiger partial charge in [-0.05, 0) is 47.2 Å². The summed E-state index contributed by atoms with van der Waals surface area (Å²) in [6.45, 7) is 4.34. The van der Waals surface area contributed by atoms with E-state index in [1.165, 1.54) is 11.1 Å². The van der Waals surface area contributed by atoms with Gasteiger partial charge >= 0.3 is 0 Å². The van der Waals surface area contributed by atoms with Gasteiger partial charge < -0.3 is 0 Å². The lowest BCUT2D eigenvalue weighted by Gasteiger charge is -2.05. The van der Waals surface area contributed by atoms with Crippen LogP contribution in [0.15, 0.2) is 36.4 Å². The third-order valence-electron chi connectivity index (χ3n) is 2.84. The summed E-state index contributed by atoms with van der Waals surface area (Å²) in [6.07, 6.45) is 2.13. The molecule has 0 atom stereocenters. The van der Waals surface area contributed by atoms with Gasteiger partial charge in [0.2, 0.25) is 0 Å². The minimum absolute atomic E-state index is 1.06. The summed E-state index contributed by atoms with van der Waals surface area (Å²) >= 11 is 0. The smallest absolute Gasteiger partial charge is 0.00961 e. The molecule has 2 aromatic carbocycles. The average Bonchev–Trinajstić information content (AvgIpc) is 2.39. The molecule has 0 saturated heterocycles. The molecule has 0 fully saturated rings. The van der Waals surface area contributed by atoms with Crippen LogP contribution in [-0.4, -0.2) is 0 Å². The van der Waals surface area contributed by atoms with Crippen molar-refractivity contribution in [2.75, 3.05) is 0 Å². The van der Waals surface area contributed by atoms with E-state index >= 15 is 0 Å². The van der Waals surface area contributed by atoms with E-state index in [1.54, 1.807) is 0 Å². The lowest BCUT2D eigenvalue weighted by Crippen LogP contribution is -1.85. The number of aryl methyl sites for hydroxylation is 2. The lowest BCUT2D eigenvalue weighted by atomic mass is 10.00. The van der Waals surface area contributed by atoms with Crippen LogP contribution in [-0.2, 0) is 12.8 Å².